The molecule has 6 nitrogen and oxygen atoms in total. The van der Waals surface area contributed by atoms with Crippen molar-refractivity contribution in [3.8, 4) is 23.0 Å². The molecule has 28 heavy (non-hydrogen) atoms. The van der Waals surface area contributed by atoms with Gasteiger partial charge < -0.3 is 18.9 Å². The number of hydrogen-bond acceptors (Lipinski definition) is 6. The molecule has 0 amide bonds. The van der Waals surface area contributed by atoms with Crippen LogP contribution >= 0.6 is 0 Å². The number of unbranched alkanes of at least 4 members (excludes halogenated alkanes) is 3. The van der Waals surface area contributed by atoms with E-state index in [1.54, 1.807) is 43.5 Å². The number of carbonyl (C=O) groups is 2. The summed E-state index contributed by atoms with van der Waals surface area (Å²) in [7, 11) is 3.08. The minimum absolute atomic E-state index is 0.473. The lowest BCUT2D eigenvalue weighted by atomic mass is 10.2. The maximum absolute atomic E-state index is 11.0. The average Bonchev–Trinajstić information content (AvgIpc) is 2.75. The van der Waals surface area contributed by atoms with Gasteiger partial charge >= 0.3 is 0 Å². The van der Waals surface area contributed by atoms with Crippen LogP contribution in [0.1, 0.15) is 46.4 Å². The molecule has 2 rings (SSSR count). The Labute approximate surface area is 165 Å². The first-order chi connectivity index (χ1) is 13.7. The lowest BCUT2D eigenvalue weighted by Gasteiger charge is -2.12. The first-order valence-corrected chi connectivity index (χ1v) is 9.24. The van der Waals surface area contributed by atoms with Crippen molar-refractivity contribution in [2.45, 2.75) is 25.7 Å². The highest BCUT2D eigenvalue weighted by Crippen LogP contribution is 2.30. The highest BCUT2D eigenvalue weighted by atomic mass is 16.5. The van der Waals surface area contributed by atoms with Gasteiger partial charge in [0.15, 0.2) is 29.3 Å². The van der Waals surface area contributed by atoms with E-state index < -0.39 is 0 Å². The molecule has 0 radical (unpaired) electrons. The maximum Gasteiger partial charge on any atom is 0.171 e. The quantitative estimate of drug-likeness (QED) is 0.377. The van der Waals surface area contributed by atoms with Crippen LogP contribution in [0, 0.1) is 0 Å². The number of benzene rings is 2. The molecule has 0 spiro atoms. The van der Waals surface area contributed by atoms with Crippen LogP contribution in [0.2, 0.25) is 0 Å². The standard InChI is InChI=1S/C22H26O6/c1-25-21-14-17(15-23)10-11-19(21)27-12-5-3-4-6-13-28-20-9-7-8-18(16-24)22(20)26-2/h7-11,14-16H,3-6,12-13H2,1-2H3. The third-order valence-corrected chi connectivity index (χ3v) is 4.22. The highest BCUT2D eigenvalue weighted by molar-refractivity contribution is 5.81. The average molecular weight is 386 g/mol. The molecule has 0 atom stereocenters. The van der Waals surface area contributed by atoms with Crippen molar-refractivity contribution in [3.63, 3.8) is 0 Å². The number of para-hydroxylation sites is 1. The van der Waals surface area contributed by atoms with Gasteiger partial charge in [-0.05, 0) is 56.0 Å². The number of carbonyl (C=O) groups excluding carboxylic acids is 2. The van der Waals surface area contributed by atoms with Crippen molar-refractivity contribution >= 4 is 12.6 Å². The predicted octanol–water partition coefficient (Wildman–Crippen LogP) is 4.35. The second kappa shape index (κ2) is 11.6. The molecule has 0 aliphatic rings. The summed E-state index contributed by atoms with van der Waals surface area (Å²) in [6, 6.07) is 10.4. The van der Waals surface area contributed by atoms with Gasteiger partial charge in [0, 0.05) is 5.56 Å². The van der Waals surface area contributed by atoms with Crippen molar-refractivity contribution in [2.75, 3.05) is 27.4 Å². The smallest absolute Gasteiger partial charge is 0.171 e. The minimum Gasteiger partial charge on any atom is -0.493 e. The zero-order valence-electron chi connectivity index (χ0n) is 16.3. The van der Waals surface area contributed by atoms with Gasteiger partial charge in [-0.25, -0.2) is 0 Å². The molecule has 150 valence electrons. The lowest BCUT2D eigenvalue weighted by molar-refractivity contribution is 0.111. The van der Waals surface area contributed by atoms with Crippen LogP contribution in [0.5, 0.6) is 23.0 Å². The maximum atomic E-state index is 11.0. The highest BCUT2D eigenvalue weighted by Gasteiger charge is 2.09. The molecule has 0 aliphatic heterocycles. The van der Waals surface area contributed by atoms with Crippen LogP contribution in [0.3, 0.4) is 0 Å². The van der Waals surface area contributed by atoms with E-state index in [0.717, 1.165) is 38.3 Å². The fourth-order valence-corrected chi connectivity index (χ4v) is 2.76. The van der Waals surface area contributed by atoms with Crippen LogP contribution in [0.25, 0.3) is 0 Å². The van der Waals surface area contributed by atoms with Crippen LogP contribution < -0.4 is 18.9 Å². The molecule has 0 heterocycles. The summed E-state index contributed by atoms with van der Waals surface area (Å²) in [5.41, 5.74) is 1.04. The molecule has 2 aromatic rings. The van der Waals surface area contributed by atoms with Gasteiger partial charge in [-0.15, -0.1) is 0 Å². The molecule has 0 bridgehead atoms. The van der Waals surface area contributed by atoms with Crippen molar-refractivity contribution in [3.05, 3.63) is 47.5 Å². The number of aldehydes is 2. The van der Waals surface area contributed by atoms with Gasteiger partial charge in [-0.3, -0.25) is 9.59 Å². The van der Waals surface area contributed by atoms with E-state index in [1.807, 2.05) is 0 Å². The van der Waals surface area contributed by atoms with Crippen molar-refractivity contribution in [1.29, 1.82) is 0 Å². The number of ether oxygens (including phenoxy) is 4. The summed E-state index contributed by atoms with van der Waals surface area (Å²) < 4.78 is 22.0. The van der Waals surface area contributed by atoms with E-state index in [1.165, 1.54) is 7.11 Å². The van der Waals surface area contributed by atoms with Gasteiger partial charge in [-0.1, -0.05) is 6.07 Å². The summed E-state index contributed by atoms with van der Waals surface area (Å²) >= 11 is 0. The third kappa shape index (κ3) is 6.01. The van der Waals surface area contributed by atoms with E-state index in [4.69, 9.17) is 18.9 Å². The Morgan fingerprint density at radius 1 is 0.750 bits per heavy atom. The number of hydrogen-bond donors (Lipinski definition) is 0. The Hall–Kier alpha value is -3.02. The summed E-state index contributed by atoms with van der Waals surface area (Å²) in [5, 5.41) is 0. The van der Waals surface area contributed by atoms with Gasteiger partial charge in [0.25, 0.3) is 0 Å². The fourth-order valence-electron chi connectivity index (χ4n) is 2.76. The second-order valence-electron chi connectivity index (χ2n) is 6.14. The molecule has 6 heteroatoms. The third-order valence-electron chi connectivity index (χ3n) is 4.22. The molecule has 0 unspecified atom stereocenters. The topological polar surface area (TPSA) is 71.1 Å². The molecular formula is C22H26O6. The molecule has 2 aromatic carbocycles. The fraction of sp³-hybridized carbons (Fsp3) is 0.364. The van der Waals surface area contributed by atoms with Crippen LogP contribution in [-0.2, 0) is 0 Å². The molecule has 0 fully saturated rings. The minimum atomic E-state index is 0.473. The summed E-state index contributed by atoms with van der Waals surface area (Å²) in [4.78, 5) is 21.8. The van der Waals surface area contributed by atoms with Crippen molar-refractivity contribution in [1.82, 2.24) is 0 Å². The SMILES string of the molecule is COc1cc(C=O)ccc1OCCCCCCOc1cccc(C=O)c1OC. The Kier molecular flexibility index (Phi) is 8.85. The van der Waals surface area contributed by atoms with E-state index in [2.05, 4.69) is 0 Å². The monoisotopic (exact) mass is 386 g/mol. The van der Waals surface area contributed by atoms with Crippen molar-refractivity contribution < 1.29 is 28.5 Å². The Balaban J connectivity index is 1.65. The van der Waals surface area contributed by atoms with E-state index >= 15 is 0 Å². The Morgan fingerprint density at radius 2 is 1.46 bits per heavy atom. The Morgan fingerprint density at radius 3 is 2.07 bits per heavy atom. The van der Waals surface area contributed by atoms with Crippen LogP contribution in [0.15, 0.2) is 36.4 Å². The number of rotatable bonds is 13. The molecule has 0 saturated carbocycles. The van der Waals surface area contributed by atoms with E-state index in [9.17, 15) is 9.59 Å². The summed E-state index contributed by atoms with van der Waals surface area (Å²) in [6.07, 6.45) is 5.34. The Bertz CT molecular complexity index is 772. The molecular weight excluding hydrogens is 360 g/mol. The zero-order chi connectivity index (χ0) is 20.2. The molecule has 0 aliphatic carbocycles. The van der Waals surface area contributed by atoms with Gasteiger partial charge in [0.1, 0.15) is 6.29 Å². The van der Waals surface area contributed by atoms with Crippen molar-refractivity contribution in [2.24, 2.45) is 0 Å². The molecule has 0 saturated heterocycles. The van der Waals surface area contributed by atoms with E-state index in [-0.39, 0.29) is 0 Å². The summed E-state index contributed by atoms with van der Waals surface area (Å²) in [5.74, 6) is 2.25. The van der Waals surface area contributed by atoms with Crippen LogP contribution in [0.4, 0.5) is 0 Å². The zero-order valence-corrected chi connectivity index (χ0v) is 16.3. The van der Waals surface area contributed by atoms with Gasteiger partial charge in [0.2, 0.25) is 0 Å². The normalized spacial score (nSPS) is 10.2. The lowest BCUT2D eigenvalue weighted by Crippen LogP contribution is -2.02. The van der Waals surface area contributed by atoms with Crippen LogP contribution in [-0.4, -0.2) is 40.0 Å². The predicted molar refractivity (Wildman–Crippen MR) is 106 cm³/mol. The van der Waals surface area contributed by atoms with Gasteiger partial charge in [0.05, 0.1) is 33.0 Å². The molecule has 0 N–H and O–H groups in total. The van der Waals surface area contributed by atoms with E-state index in [0.29, 0.717) is 47.3 Å². The molecule has 0 aromatic heterocycles. The first kappa shape index (κ1) is 21.3. The first-order valence-electron chi connectivity index (χ1n) is 9.24. The van der Waals surface area contributed by atoms with Gasteiger partial charge in [-0.2, -0.15) is 0 Å². The number of methoxy groups -OCH3 is 2. The second-order valence-corrected chi connectivity index (χ2v) is 6.14. The largest absolute Gasteiger partial charge is 0.493 e. The summed E-state index contributed by atoms with van der Waals surface area (Å²) in [6.45, 7) is 1.13.